The van der Waals surface area contributed by atoms with Crippen molar-refractivity contribution in [1.29, 1.82) is 0 Å². The summed E-state index contributed by atoms with van der Waals surface area (Å²) in [6.07, 6.45) is 1.54. The first-order valence-corrected chi connectivity index (χ1v) is 9.17. The summed E-state index contributed by atoms with van der Waals surface area (Å²) in [4.78, 5) is 50.4. The van der Waals surface area contributed by atoms with E-state index in [-0.39, 0.29) is 46.8 Å². The summed E-state index contributed by atoms with van der Waals surface area (Å²) in [7, 11) is 0. The van der Waals surface area contributed by atoms with Crippen LogP contribution in [0.2, 0.25) is 0 Å². The zero-order chi connectivity index (χ0) is 18.3. The van der Waals surface area contributed by atoms with E-state index < -0.39 is 23.7 Å². The lowest BCUT2D eigenvalue weighted by Crippen LogP contribution is -2.59. The molecule has 3 saturated carbocycles. The summed E-state index contributed by atoms with van der Waals surface area (Å²) in [5, 5.41) is 0. The molecular weight excluding hydrogens is 304 g/mol. The normalized spacial score (nSPS) is 35.3. The lowest BCUT2D eigenvalue weighted by molar-refractivity contribution is -0.165. The Balaban J connectivity index is 2.54. The molecule has 6 unspecified atom stereocenters. The second-order valence-corrected chi connectivity index (χ2v) is 8.34. The van der Waals surface area contributed by atoms with Crippen LogP contribution in [0.25, 0.3) is 0 Å². The van der Waals surface area contributed by atoms with Gasteiger partial charge in [-0.15, -0.1) is 0 Å². The van der Waals surface area contributed by atoms with Crippen molar-refractivity contribution in [1.82, 2.24) is 0 Å². The van der Waals surface area contributed by atoms with E-state index in [9.17, 15) is 19.2 Å². The molecule has 0 aromatic heterocycles. The second-order valence-electron chi connectivity index (χ2n) is 8.34. The van der Waals surface area contributed by atoms with E-state index in [1.807, 2.05) is 27.7 Å². The van der Waals surface area contributed by atoms with Gasteiger partial charge in [0.15, 0.2) is 0 Å². The van der Waals surface area contributed by atoms with Gasteiger partial charge in [0.25, 0.3) is 0 Å². The maximum atomic E-state index is 12.8. The summed E-state index contributed by atoms with van der Waals surface area (Å²) in [6, 6.07) is 0. The van der Waals surface area contributed by atoms with Crippen molar-refractivity contribution in [3.8, 4) is 0 Å². The smallest absolute Gasteiger partial charge is 0.139 e. The molecule has 0 aliphatic heterocycles. The van der Waals surface area contributed by atoms with Crippen LogP contribution < -0.4 is 0 Å². The van der Waals surface area contributed by atoms with Crippen LogP contribution in [0.15, 0.2) is 0 Å². The molecule has 3 fully saturated rings. The van der Waals surface area contributed by atoms with Crippen LogP contribution in [0, 0.1) is 47.3 Å². The SMILES string of the molecule is CC(=O)C1C2CCC(C(C(C)=O)C2C(=O)C(C)C)C1C(=O)C(C)C. The highest BCUT2D eigenvalue weighted by Crippen LogP contribution is 2.56. The molecule has 0 heterocycles. The number of fused-ring (bicyclic) bond motifs is 3. The van der Waals surface area contributed by atoms with Crippen LogP contribution in [0.4, 0.5) is 0 Å². The highest BCUT2D eigenvalue weighted by molar-refractivity contribution is 5.96. The van der Waals surface area contributed by atoms with E-state index in [2.05, 4.69) is 0 Å². The van der Waals surface area contributed by atoms with Gasteiger partial charge in [0.05, 0.1) is 0 Å². The van der Waals surface area contributed by atoms with E-state index in [1.54, 1.807) is 0 Å². The minimum atomic E-state index is -0.401. The maximum Gasteiger partial charge on any atom is 0.139 e. The van der Waals surface area contributed by atoms with E-state index in [0.29, 0.717) is 0 Å². The van der Waals surface area contributed by atoms with Crippen LogP contribution in [0.3, 0.4) is 0 Å². The topological polar surface area (TPSA) is 68.3 Å². The third-order valence-electron chi connectivity index (χ3n) is 6.19. The Morgan fingerprint density at radius 2 is 0.917 bits per heavy atom. The molecule has 4 nitrogen and oxygen atoms in total. The Kier molecular flexibility index (Phi) is 5.46. The Morgan fingerprint density at radius 1 is 0.625 bits per heavy atom. The molecule has 6 atom stereocenters. The van der Waals surface area contributed by atoms with E-state index >= 15 is 0 Å². The summed E-state index contributed by atoms with van der Waals surface area (Å²) >= 11 is 0. The van der Waals surface area contributed by atoms with Gasteiger partial charge < -0.3 is 0 Å². The van der Waals surface area contributed by atoms with Gasteiger partial charge in [-0.05, 0) is 38.5 Å². The van der Waals surface area contributed by atoms with Crippen LogP contribution >= 0.6 is 0 Å². The van der Waals surface area contributed by atoms with Crippen LogP contribution in [0.1, 0.15) is 54.4 Å². The van der Waals surface area contributed by atoms with Gasteiger partial charge in [0.2, 0.25) is 0 Å². The van der Waals surface area contributed by atoms with Crippen molar-refractivity contribution in [3.05, 3.63) is 0 Å². The molecule has 0 aromatic carbocycles. The standard InChI is InChI=1S/C20H30O4/c1-9(2)19(23)17-13-7-8-14(15(17)11(5)21)18(16(13)12(6)22)20(24)10(3)4/h9-10,13-18H,7-8H2,1-6H3. The fourth-order valence-corrected chi connectivity index (χ4v) is 5.27. The fraction of sp³-hybridized carbons (Fsp3) is 0.800. The summed E-state index contributed by atoms with van der Waals surface area (Å²) in [6.45, 7) is 10.5. The molecule has 0 spiro atoms. The molecule has 24 heavy (non-hydrogen) atoms. The predicted octanol–water partition coefficient (Wildman–Crippen LogP) is 3.12. The number of Topliss-reactive ketones (excluding diaryl/α,β-unsaturated/α-hetero) is 4. The molecule has 0 radical (unpaired) electrons. The number of carbonyl (C=O) groups is 4. The summed E-state index contributed by atoms with van der Waals surface area (Å²) in [5.41, 5.74) is 0. The van der Waals surface area contributed by atoms with Gasteiger partial charge in [0.1, 0.15) is 23.1 Å². The largest absolute Gasteiger partial charge is 0.300 e. The van der Waals surface area contributed by atoms with Crippen molar-refractivity contribution in [3.63, 3.8) is 0 Å². The van der Waals surface area contributed by atoms with Gasteiger partial charge in [-0.25, -0.2) is 0 Å². The number of hydrogen-bond acceptors (Lipinski definition) is 4. The lowest BCUT2D eigenvalue weighted by atomic mass is 9.46. The average molecular weight is 334 g/mol. The third-order valence-corrected chi connectivity index (χ3v) is 6.19. The molecular formula is C20H30O4. The van der Waals surface area contributed by atoms with E-state index in [1.165, 1.54) is 13.8 Å². The van der Waals surface area contributed by atoms with E-state index in [0.717, 1.165) is 12.8 Å². The highest BCUT2D eigenvalue weighted by Gasteiger charge is 2.60. The third kappa shape index (κ3) is 3.00. The van der Waals surface area contributed by atoms with Crippen molar-refractivity contribution >= 4 is 23.1 Å². The van der Waals surface area contributed by atoms with Gasteiger partial charge >= 0.3 is 0 Å². The Bertz CT molecular complexity index is 510. The molecule has 3 aliphatic rings. The monoisotopic (exact) mass is 334 g/mol. The summed E-state index contributed by atoms with van der Waals surface area (Å²) < 4.78 is 0. The molecule has 4 heteroatoms. The molecule has 2 bridgehead atoms. The lowest BCUT2D eigenvalue weighted by Gasteiger charge is -2.55. The average Bonchev–Trinajstić information content (AvgIpc) is 2.51. The van der Waals surface area contributed by atoms with Crippen molar-refractivity contribution in [2.24, 2.45) is 47.3 Å². The van der Waals surface area contributed by atoms with Crippen LogP contribution in [-0.4, -0.2) is 23.1 Å². The first-order valence-electron chi connectivity index (χ1n) is 9.17. The minimum absolute atomic E-state index is 0.00717. The van der Waals surface area contributed by atoms with Gasteiger partial charge in [0, 0.05) is 35.5 Å². The molecule has 0 amide bonds. The number of rotatable bonds is 6. The zero-order valence-corrected chi connectivity index (χ0v) is 15.7. The van der Waals surface area contributed by atoms with E-state index in [4.69, 9.17) is 0 Å². The van der Waals surface area contributed by atoms with Gasteiger partial charge in [-0.2, -0.15) is 0 Å². The number of carbonyl (C=O) groups excluding carboxylic acids is 4. The molecule has 0 aromatic rings. The Hall–Kier alpha value is -1.32. The zero-order valence-electron chi connectivity index (χ0n) is 15.7. The Morgan fingerprint density at radius 3 is 1.12 bits per heavy atom. The fourth-order valence-electron chi connectivity index (χ4n) is 5.27. The molecule has 3 rings (SSSR count). The van der Waals surface area contributed by atoms with Crippen LogP contribution in [0.5, 0.6) is 0 Å². The molecule has 134 valence electrons. The number of ketones is 4. The highest BCUT2D eigenvalue weighted by atomic mass is 16.1. The predicted molar refractivity (Wildman–Crippen MR) is 91.2 cm³/mol. The molecule has 0 N–H and O–H groups in total. The quantitative estimate of drug-likeness (QED) is 0.748. The molecule has 0 saturated heterocycles. The van der Waals surface area contributed by atoms with Gasteiger partial charge in [-0.3, -0.25) is 19.2 Å². The van der Waals surface area contributed by atoms with Crippen molar-refractivity contribution in [2.75, 3.05) is 0 Å². The van der Waals surface area contributed by atoms with Crippen molar-refractivity contribution in [2.45, 2.75) is 54.4 Å². The van der Waals surface area contributed by atoms with Gasteiger partial charge in [-0.1, -0.05) is 27.7 Å². The minimum Gasteiger partial charge on any atom is -0.300 e. The maximum absolute atomic E-state index is 12.8. The number of hydrogen-bond donors (Lipinski definition) is 0. The second kappa shape index (κ2) is 6.89. The van der Waals surface area contributed by atoms with Crippen LogP contribution in [-0.2, 0) is 19.2 Å². The first-order chi connectivity index (χ1) is 11.1. The summed E-state index contributed by atoms with van der Waals surface area (Å²) in [5.74, 6) is -2.11. The van der Waals surface area contributed by atoms with Crippen molar-refractivity contribution < 1.29 is 19.2 Å². The Labute approximate surface area is 144 Å². The first kappa shape index (κ1) is 19.0. The molecule has 3 aliphatic carbocycles.